The number of benzene rings is 2. The second-order valence-corrected chi connectivity index (χ2v) is 12.4. The molecule has 0 radical (unpaired) electrons. The Morgan fingerprint density at radius 3 is 1.88 bits per heavy atom. The van der Waals surface area contributed by atoms with Gasteiger partial charge in [-0.15, -0.1) is 0 Å². The number of primary amides is 1. The third kappa shape index (κ3) is 5.52. The maximum absolute atomic E-state index is 16.2. The molecule has 51 heavy (non-hydrogen) atoms. The van der Waals surface area contributed by atoms with Crippen molar-refractivity contribution < 1.29 is 41.5 Å². The molecule has 2 aromatic heterocycles. The highest BCUT2D eigenvalue weighted by Gasteiger charge is 2.56. The van der Waals surface area contributed by atoms with Crippen LogP contribution in [-0.4, -0.2) is 60.3 Å². The zero-order valence-corrected chi connectivity index (χ0v) is 27.9. The minimum absolute atomic E-state index is 0.00804. The topological polar surface area (TPSA) is 148 Å². The molecule has 6 rings (SSSR count). The molecular weight excluding hydrogens is 696 g/mol. The van der Waals surface area contributed by atoms with E-state index in [9.17, 15) is 28.0 Å². The highest BCUT2D eigenvalue weighted by molar-refractivity contribution is 6.31. The van der Waals surface area contributed by atoms with Crippen LogP contribution in [0.2, 0.25) is 5.02 Å². The molecule has 2 aromatic carbocycles. The lowest BCUT2D eigenvalue weighted by atomic mass is 9.73. The fraction of sp³-hybridized carbons (Fsp3) is 0.257. The van der Waals surface area contributed by atoms with Gasteiger partial charge in [-0.2, -0.15) is 0 Å². The van der Waals surface area contributed by atoms with Crippen LogP contribution < -0.4 is 25.6 Å². The summed E-state index contributed by atoms with van der Waals surface area (Å²) in [6, 6.07) is 9.64. The third-order valence-corrected chi connectivity index (χ3v) is 9.63. The molecule has 4 amide bonds. The van der Waals surface area contributed by atoms with Crippen LogP contribution in [0, 0.1) is 23.3 Å². The zero-order chi connectivity index (χ0) is 36.8. The van der Waals surface area contributed by atoms with Crippen molar-refractivity contribution in [2.45, 2.75) is 30.6 Å². The minimum atomic E-state index is -1.95. The second-order valence-electron chi connectivity index (χ2n) is 12.0. The van der Waals surface area contributed by atoms with Crippen LogP contribution in [0.1, 0.15) is 42.0 Å². The lowest BCUT2D eigenvalue weighted by Crippen LogP contribution is -2.48. The number of hydrogen-bond acceptors (Lipinski definition) is 7. The van der Waals surface area contributed by atoms with Gasteiger partial charge in [-0.25, -0.2) is 27.5 Å². The van der Waals surface area contributed by atoms with Crippen molar-refractivity contribution in [1.82, 2.24) is 15.3 Å². The van der Waals surface area contributed by atoms with Gasteiger partial charge in [0.15, 0.2) is 17.4 Å². The average molecular weight is 725 g/mol. The Balaban J connectivity index is 1.34. The van der Waals surface area contributed by atoms with E-state index in [0.29, 0.717) is 0 Å². The number of carbonyl (C=O) groups excluding carboxylic acids is 4. The van der Waals surface area contributed by atoms with Gasteiger partial charge in [0.1, 0.15) is 47.2 Å². The number of hydrogen-bond donors (Lipinski definition) is 2. The summed E-state index contributed by atoms with van der Waals surface area (Å²) in [5.74, 6) is -7.01. The number of amides is 4. The summed E-state index contributed by atoms with van der Waals surface area (Å²) in [7, 11) is 1.19. The van der Waals surface area contributed by atoms with E-state index in [2.05, 4.69) is 15.3 Å². The number of fused-ring (bicyclic) bond motifs is 2. The van der Waals surface area contributed by atoms with Gasteiger partial charge in [-0.1, -0.05) is 42.8 Å². The quantitative estimate of drug-likeness (QED) is 0.222. The van der Waals surface area contributed by atoms with Crippen LogP contribution in [0.5, 0.6) is 5.75 Å². The molecule has 4 aromatic rings. The van der Waals surface area contributed by atoms with Gasteiger partial charge < -0.3 is 15.8 Å². The van der Waals surface area contributed by atoms with E-state index in [-0.39, 0.29) is 64.0 Å². The molecule has 0 fully saturated rings. The molecular formula is C35H29ClF4N6O5. The van der Waals surface area contributed by atoms with Crippen molar-refractivity contribution in [3.63, 3.8) is 0 Å². The number of nitrogens with one attached hydrogen (secondary N) is 1. The van der Waals surface area contributed by atoms with E-state index in [4.69, 9.17) is 22.1 Å². The van der Waals surface area contributed by atoms with Gasteiger partial charge >= 0.3 is 0 Å². The van der Waals surface area contributed by atoms with E-state index in [1.165, 1.54) is 31.4 Å². The van der Waals surface area contributed by atoms with Crippen molar-refractivity contribution in [3.05, 3.63) is 111 Å². The van der Waals surface area contributed by atoms with Crippen LogP contribution in [-0.2, 0) is 30.0 Å². The Morgan fingerprint density at radius 1 is 0.824 bits per heavy atom. The van der Waals surface area contributed by atoms with Crippen LogP contribution in [0.4, 0.5) is 29.2 Å². The van der Waals surface area contributed by atoms with Gasteiger partial charge in [0, 0.05) is 6.54 Å². The standard InChI is InChI=1S/C35H29ClF4N6O5/c1-3-34(18-4-8-20(37)9-5-18)26-28(39)22(36)14-43-30(26)46(32(34)49)17-25(48)42-13-12-35(19-6-10-21(38)11-7-19)27-29(40)23(51-2)15-44-31(27)45(33(35)50)16-24(41)47/h4-11,14-15H,3,12-13,16-17H2,1-2H3,(H2,41,47)(H,42,48)/t34-,35-/m1/s1. The first kappa shape index (κ1) is 35.3. The maximum atomic E-state index is 16.2. The van der Waals surface area contributed by atoms with Crippen LogP contribution in [0.3, 0.4) is 0 Å². The second kappa shape index (κ2) is 13.3. The molecule has 2 atom stereocenters. The summed E-state index contributed by atoms with van der Waals surface area (Å²) in [6.07, 6.45) is 1.72. The van der Waals surface area contributed by atoms with E-state index in [1.54, 1.807) is 6.92 Å². The summed E-state index contributed by atoms with van der Waals surface area (Å²) >= 11 is 6.09. The number of halogens is 5. The Labute approximate surface area is 293 Å². The lowest BCUT2D eigenvalue weighted by molar-refractivity contribution is -0.126. The molecule has 0 saturated heterocycles. The molecule has 0 saturated carbocycles. The Kier molecular flexibility index (Phi) is 9.18. The predicted octanol–water partition coefficient (Wildman–Crippen LogP) is 4.06. The smallest absolute Gasteiger partial charge is 0.244 e. The van der Waals surface area contributed by atoms with E-state index >= 15 is 8.78 Å². The third-order valence-electron chi connectivity index (χ3n) is 9.36. The first-order valence-electron chi connectivity index (χ1n) is 15.6. The number of ether oxygens (including phenoxy) is 1. The summed E-state index contributed by atoms with van der Waals surface area (Å²) < 4.78 is 65.0. The Morgan fingerprint density at radius 2 is 1.33 bits per heavy atom. The molecule has 2 aliphatic rings. The number of nitrogens with two attached hydrogens (primary N) is 1. The molecule has 2 aliphatic heterocycles. The van der Waals surface area contributed by atoms with E-state index < -0.39 is 70.8 Å². The van der Waals surface area contributed by atoms with Crippen molar-refractivity contribution in [1.29, 1.82) is 0 Å². The Bertz CT molecular complexity index is 2090. The number of carbonyl (C=O) groups is 4. The SMILES string of the molecule is CC[C@]1(c2ccc(F)cc2)C(=O)N(CC(=O)NCC[C@]2(c3ccc(F)cc3)C(=O)N(CC(N)=O)c3ncc(OC)c(F)c32)c2ncc(Cl)c(F)c21. The number of rotatable bonds is 11. The molecule has 4 heterocycles. The number of anilines is 2. The molecule has 0 unspecified atom stereocenters. The zero-order valence-electron chi connectivity index (χ0n) is 27.1. The average Bonchev–Trinajstić information content (AvgIpc) is 3.49. The fourth-order valence-electron chi connectivity index (χ4n) is 7.04. The predicted molar refractivity (Wildman–Crippen MR) is 176 cm³/mol. The highest BCUT2D eigenvalue weighted by Crippen LogP contribution is 2.51. The summed E-state index contributed by atoms with van der Waals surface area (Å²) in [5, 5.41) is 2.27. The van der Waals surface area contributed by atoms with Gasteiger partial charge in [-0.3, -0.25) is 29.0 Å². The Hall–Kier alpha value is -5.57. The molecule has 11 nitrogen and oxygen atoms in total. The largest absolute Gasteiger partial charge is 0.492 e. The number of methoxy groups -OCH3 is 1. The van der Waals surface area contributed by atoms with Crippen molar-refractivity contribution in [3.8, 4) is 5.75 Å². The van der Waals surface area contributed by atoms with Gasteiger partial charge in [0.25, 0.3) is 0 Å². The van der Waals surface area contributed by atoms with Gasteiger partial charge in [0.2, 0.25) is 23.6 Å². The molecule has 0 aliphatic carbocycles. The first-order valence-corrected chi connectivity index (χ1v) is 16.0. The summed E-state index contributed by atoms with van der Waals surface area (Å²) in [5.41, 5.74) is 1.71. The fourth-order valence-corrected chi connectivity index (χ4v) is 7.19. The monoisotopic (exact) mass is 724 g/mol. The molecule has 3 N–H and O–H groups in total. The van der Waals surface area contributed by atoms with Crippen molar-refractivity contribution in [2.24, 2.45) is 5.73 Å². The van der Waals surface area contributed by atoms with Gasteiger partial charge in [-0.05, 0) is 48.2 Å². The normalized spacial score (nSPS) is 19.3. The van der Waals surface area contributed by atoms with Crippen LogP contribution in [0.15, 0.2) is 60.9 Å². The minimum Gasteiger partial charge on any atom is -0.492 e. The van der Waals surface area contributed by atoms with E-state index in [0.717, 1.165) is 46.5 Å². The number of aromatic nitrogens is 2. The summed E-state index contributed by atoms with van der Waals surface area (Å²) in [4.78, 5) is 64.2. The summed E-state index contributed by atoms with van der Waals surface area (Å²) in [6.45, 7) is -0.00684. The van der Waals surface area contributed by atoms with Crippen molar-refractivity contribution >= 4 is 46.9 Å². The maximum Gasteiger partial charge on any atom is 0.244 e. The molecule has 0 bridgehead atoms. The highest BCUT2D eigenvalue weighted by atomic mass is 35.5. The van der Waals surface area contributed by atoms with Crippen molar-refractivity contribution in [2.75, 3.05) is 36.5 Å². The van der Waals surface area contributed by atoms with Crippen LogP contribution >= 0.6 is 11.6 Å². The number of pyridine rings is 2. The molecule has 16 heteroatoms. The van der Waals surface area contributed by atoms with Crippen LogP contribution in [0.25, 0.3) is 0 Å². The molecule has 0 spiro atoms. The number of nitrogens with zero attached hydrogens (tertiary/aromatic N) is 4. The lowest BCUT2D eigenvalue weighted by Gasteiger charge is -2.30. The van der Waals surface area contributed by atoms with E-state index in [1.807, 2.05) is 0 Å². The van der Waals surface area contributed by atoms with Gasteiger partial charge in [0.05, 0.1) is 35.7 Å². The first-order chi connectivity index (χ1) is 24.3. The molecule has 264 valence electrons.